The Morgan fingerprint density at radius 3 is 2.75 bits per heavy atom. The number of carbonyl (C=O) groups is 1. The number of pyridine rings is 1. The standard InChI is InChI=1S/C14H21N3O.2ClH/c1-10-6-12(7-15)9-17(10)14(18)11(2)13-4-3-5-16-8-13;;/h3-5,8,10-12H,6-7,9,15H2,1-2H3;2*1H. The third-order valence-corrected chi connectivity index (χ3v) is 3.83. The molecule has 1 aliphatic heterocycles. The minimum atomic E-state index is -0.127. The molecule has 6 heteroatoms. The van der Waals surface area contributed by atoms with E-state index in [9.17, 15) is 4.79 Å². The lowest BCUT2D eigenvalue weighted by Gasteiger charge is -2.25. The Kier molecular flexibility index (Phi) is 8.09. The average Bonchev–Trinajstić information content (AvgIpc) is 2.79. The van der Waals surface area contributed by atoms with Crippen LogP contribution in [0.3, 0.4) is 0 Å². The molecule has 2 heterocycles. The van der Waals surface area contributed by atoms with Gasteiger partial charge in [0.05, 0.1) is 5.92 Å². The molecule has 114 valence electrons. The SMILES string of the molecule is CC(C(=O)N1CC(CN)CC1C)c1cccnc1.Cl.Cl. The maximum absolute atomic E-state index is 12.5. The van der Waals surface area contributed by atoms with E-state index in [1.807, 2.05) is 24.0 Å². The lowest BCUT2D eigenvalue weighted by molar-refractivity contribution is -0.133. The molecule has 0 radical (unpaired) electrons. The molecule has 0 aromatic carbocycles. The van der Waals surface area contributed by atoms with Crippen molar-refractivity contribution in [2.75, 3.05) is 13.1 Å². The van der Waals surface area contributed by atoms with E-state index in [-0.39, 0.29) is 36.6 Å². The second-order valence-electron chi connectivity index (χ2n) is 5.19. The summed E-state index contributed by atoms with van der Waals surface area (Å²) in [5.41, 5.74) is 6.68. The van der Waals surface area contributed by atoms with Crippen LogP contribution < -0.4 is 5.73 Å². The molecular formula is C14H23Cl2N3O. The van der Waals surface area contributed by atoms with Gasteiger partial charge in [-0.25, -0.2) is 0 Å². The molecule has 3 unspecified atom stereocenters. The molecule has 1 fully saturated rings. The summed E-state index contributed by atoms with van der Waals surface area (Å²) in [7, 11) is 0. The lowest BCUT2D eigenvalue weighted by Crippen LogP contribution is -2.37. The highest BCUT2D eigenvalue weighted by atomic mass is 35.5. The third kappa shape index (κ3) is 4.08. The Hall–Kier alpha value is -0.840. The Balaban J connectivity index is 0.00000180. The number of hydrogen-bond acceptors (Lipinski definition) is 3. The van der Waals surface area contributed by atoms with Crippen LogP contribution >= 0.6 is 24.8 Å². The summed E-state index contributed by atoms with van der Waals surface area (Å²) < 4.78 is 0. The fourth-order valence-electron chi connectivity index (χ4n) is 2.64. The number of aromatic nitrogens is 1. The molecule has 0 aliphatic carbocycles. The molecule has 1 saturated heterocycles. The summed E-state index contributed by atoms with van der Waals surface area (Å²) >= 11 is 0. The first kappa shape index (κ1) is 19.2. The van der Waals surface area contributed by atoms with Crippen LogP contribution in [0.2, 0.25) is 0 Å². The van der Waals surface area contributed by atoms with Gasteiger partial charge in [0.15, 0.2) is 0 Å². The second-order valence-corrected chi connectivity index (χ2v) is 5.19. The van der Waals surface area contributed by atoms with Crippen molar-refractivity contribution < 1.29 is 4.79 Å². The van der Waals surface area contributed by atoms with Gasteiger partial charge in [-0.3, -0.25) is 9.78 Å². The largest absolute Gasteiger partial charge is 0.339 e. The molecule has 1 aliphatic rings. The van der Waals surface area contributed by atoms with E-state index in [0.717, 1.165) is 18.5 Å². The quantitative estimate of drug-likeness (QED) is 0.929. The molecule has 4 nitrogen and oxygen atoms in total. The Labute approximate surface area is 132 Å². The van der Waals surface area contributed by atoms with Crippen molar-refractivity contribution in [2.24, 2.45) is 11.7 Å². The zero-order valence-corrected chi connectivity index (χ0v) is 13.5. The van der Waals surface area contributed by atoms with Crippen LogP contribution in [0.15, 0.2) is 24.5 Å². The number of carbonyl (C=O) groups excluding carboxylic acids is 1. The molecule has 20 heavy (non-hydrogen) atoms. The van der Waals surface area contributed by atoms with Crippen molar-refractivity contribution in [2.45, 2.75) is 32.2 Å². The fraction of sp³-hybridized carbons (Fsp3) is 0.571. The number of halogens is 2. The molecule has 1 aromatic heterocycles. The Bertz CT molecular complexity index is 416. The minimum absolute atomic E-state index is 0. The van der Waals surface area contributed by atoms with E-state index in [0.29, 0.717) is 18.5 Å². The molecule has 1 aromatic rings. The first-order valence-corrected chi connectivity index (χ1v) is 6.54. The maximum Gasteiger partial charge on any atom is 0.230 e. The summed E-state index contributed by atoms with van der Waals surface area (Å²) in [5.74, 6) is 0.508. The zero-order valence-electron chi connectivity index (χ0n) is 11.9. The van der Waals surface area contributed by atoms with Crippen LogP contribution in [0.25, 0.3) is 0 Å². The van der Waals surface area contributed by atoms with E-state index in [1.54, 1.807) is 12.4 Å². The number of nitrogens with two attached hydrogens (primary N) is 1. The number of hydrogen-bond donors (Lipinski definition) is 1. The smallest absolute Gasteiger partial charge is 0.230 e. The fourth-order valence-corrected chi connectivity index (χ4v) is 2.64. The van der Waals surface area contributed by atoms with E-state index in [4.69, 9.17) is 5.73 Å². The van der Waals surface area contributed by atoms with Gasteiger partial charge in [-0.05, 0) is 44.4 Å². The van der Waals surface area contributed by atoms with Crippen molar-refractivity contribution >= 4 is 30.7 Å². The van der Waals surface area contributed by atoms with Gasteiger partial charge in [0, 0.05) is 25.0 Å². The van der Waals surface area contributed by atoms with Gasteiger partial charge in [-0.1, -0.05) is 6.07 Å². The highest BCUT2D eigenvalue weighted by molar-refractivity contribution is 5.85. The van der Waals surface area contributed by atoms with Gasteiger partial charge in [-0.15, -0.1) is 24.8 Å². The van der Waals surface area contributed by atoms with Crippen LogP contribution in [0, 0.1) is 5.92 Å². The molecule has 2 rings (SSSR count). The topological polar surface area (TPSA) is 59.2 Å². The highest BCUT2D eigenvalue weighted by Crippen LogP contribution is 2.26. The molecule has 0 spiro atoms. The maximum atomic E-state index is 12.5. The predicted molar refractivity (Wildman–Crippen MR) is 85.5 cm³/mol. The monoisotopic (exact) mass is 319 g/mol. The Morgan fingerprint density at radius 1 is 1.55 bits per heavy atom. The first-order chi connectivity index (χ1) is 8.63. The number of likely N-dealkylation sites (tertiary alicyclic amines) is 1. The number of rotatable bonds is 3. The average molecular weight is 320 g/mol. The summed E-state index contributed by atoms with van der Waals surface area (Å²) in [4.78, 5) is 18.5. The van der Waals surface area contributed by atoms with Crippen molar-refractivity contribution in [3.63, 3.8) is 0 Å². The molecule has 3 atom stereocenters. The van der Waals surface area contributed by atoms with Gasteiger partial charge < -0.3 is 10.6 Å². The molecule has 0 saturated carbocycles. The summed E-state index contributed by atoms with van der Waals surface area (Å²) in [6, 6.07) is 4.12. The van der Waals surface area contributed by atoms with E-state index in [1.165, 1.54) is 0 Å². The van der Waals surface area contributed by atoms with Gasteiger partial charge in [0.1, 0.15) is 0 Å². The molecule has 2 N–H and O–H groups in total. The third-order valence-electron chi connectivity index (χ3n) is 3.83. The van der Waals surface area contributed by atoms with Crippen LogP contribution in [-0.4, -0.2) is 34.9 Å². The zero-order chi connectivity index (χ0) is 13.1. The summed E-state index contributed by atoms with van der Waals surface area (Å²) in [6.45, 7) is 5.50. The van der Waals surface area contributed by atoms with Gasteiger partial charge >= 0.3 is 0 Å². The van der Waals surface area contributed by atoms with Gasteiger partial charge in [0.25, 0.3) is 0 Å². The molecule has 0 bridgehead atoms. The van der Waals surface area contributed by atoms with Crippen molar-refractivity contribution in [1.82, 2.24) is 9.88 Å². The van der Waals surface area contributed by atoms with Crippen molar-refractivity contribution in [3.8, 4) is 0 Å². The van der Waals surface area contributed by atoms with Crippen molar-refractivity contribution in [3.05, 3.63) is 30.1 Å². The minimum Gasteiger partial charge on any atom is -0.339 e. The summed E-state index contributed by atoms with van der Waals surface area (Å²) in [6.07, 6.45) is 4.51. The summed E-state index contributed by atoms with van der Waals surface area (Å²) in [5, 5.41) is 0. The van der Waals surface area contributed by atoms with E-state index >= 15 is 0 Å². The van der Waals surface area contributed by atoms with Crippen LogP contribution in [-0.2, 0) is 4.79 Å². The Morgan fingerprint density at radius 2 is 2.25 bits per heavy atom. The number of amides is 1. The first-order valence-electron chi connectivity index (χ1n) is 6.54. The number of nitrogens with zero attached hydrogens (tertiary/aromatic N) is 2. The predicted octanol–water partition coefficient (Wildman–Crippen LogP) is 2.22. The highest BCUT2D eigenvalue weighted by Gasteiger charge is 2.33. The van der Waals surface area contributed by atoms with Crippen molar-refractivity contribution in [1.29, 1.82) is 0 Å². The molecule has 1 amide bonds. The van der Waals surface area contributed by atoms with Crippen LogP contribution in [0.5, 0.6) is 0 Å². The van der Waals surface area contributed by atoms with E-state index < -0.39 is 0 Å². The normalized spacial score (nSPS) is 22.6. The molecular weight excluding hydrogens is 297 g/mol. The second kappa shape index (κ2) is 8.45. The van der Waals surface area contributed by atoms with Crippen LogP contribution in [0.1, 0.15) is 31.7 Å². The van der Waals surface area contributed by atoms with Crippen LogP contribution in [0.4, 0.5) is 0 Å². The lowest BCUT2D eigenvalue weighted by atomic mass is 10.0. The van der Waals surface area contributed by atoms with Gasteiger partial charge in [0.2, 0.25) is 5.91 Å². The van der Waals surface area contributed by atoms with Gasteiger partial charge in [-0.2, -0.15) is 0 Å². The van der Waals surface area contributed by atoms with E-state index in [2.05, 4.69) is 11.9 Å².